The number of carbonyl (C=O) groups is 1. The SMILES string of the molecule is CNCc1cc2cc(-c3ccc(C(=O)N4CCC(C)(O)CC4)cc3)cc(C(F)(F)F)c2s1. The number of aliphatic hydroxyl groups is 1. The van der Waals surface area contributed by atoms with Crippen LogP contribution in [0, 0.1) is 0 Å². The van der Waals surface area contributed by atoms with Crippen molar-refractivity contribution in [2.45, 2.75) is 38.1 Å². The summed E-state index contributed by atoms with van der Waals surface area (Å²) in [5, 5.41) is 13.6. The van der Waals surface area contributed by atoms with Crippen molar-refractivity contribution in [1.82, 2.24) is 10.2 Å². The first-order valence-electron chi connectivity index (χ1n) is 10.5. The Morgan fingerprint density at radius 2 is 1.78 bits per heavy atom. The molecule has 0 saturated carbocycles. The number of likely N-dealkylation sites (tertiary alicyclic amines) is 1. The van der Waals surface area contributed by atoms with Crippen molar-refractivity contribution in [3.8, 4) is 11.1 Å². The van der Waals surface area contributed by atoms with Crippen LogP contribution < -0.4 is 5.32 Å². The van der Waals surface area contributed by atoms with Crippen molar-refractivity contribution in [2.24, 2.45) is 0 Å². The fraction of sp³-hybridized carbons (Fsp3) is 0.375. The maximum atomic E-state index is 13.8. The third kappa shape index (κ3) is 4.67. The Hall–Kier alpha value is -2.42. The lowest BCUT2D eigenvalue weighted by Crippen LogP contribution is -2.45. The molecule has 1 aliphatic rings. The Kier molecular flexibility index (Phi) is 6.04. The van der Waals surface area contributed by atoms with Crippen LogP contribution in [0.1, 0.15) is 40.6 Å². The zero-order valence-electron chi connectivity index (χ0n) is 17.9. The predicted molar refractivity (Wildman–Crippen MR) is 121 cm³/mol. The molecule has 0 atom stereocenters. The second-order valence-electron chi connectivity index (χ2n) is 8.55. The number of piperidine rings is 1. The van der Waals surface area contributed by atoms with Crippen LogP contribution in [0.3, 0.4) is 0 Å². The van der Waals surface area contributed by atoms with Gasteiger partial charge >= 0.3 is 6.18 Å². The van der Waals surface area contributed by atoms with Crippen LogP contribution in [0.5, 0.6) is 0 Å². The van der Waals surface area contributed by atoms with Crippen molar-refractivity contribution >= 4 is 27.3 Å². The molecule has 8 heteroatoms. The van der Waals surface area contributed by atoms with Gasteiger partial charge in [0.2, 0.25) is 0 Å². The summed E-state index contributed by atoms with van der Waals surface area (Å²) in [6.45, 7) is 3.23. The van der Waals surface area contributed by atoms with E-state index in [2.05, 4.69) is 5.32 Å². The van der Waals surface area contributed by atoms with E-state index in [0.29, 0.717) is 54.6 Å². The van der Waals surface area contributed by atoms with Gasteiger partial charge in [0, 0.05) is 34.8 Å². The van der Waals surface area contributed by atoms with Crippen LogP contribution in [0.15, 0.2) is 42.5 Å². The number of carbonyl (C=O) groups excluding carboxylic acids is 1. The van der Waals surface area contributed by atoms with E-state index in [4.69, 9.17) is 0 Å². The van der Waals surface area contributed by atoms with Crippen LogP contribution in [0.4, 0.5) is 13.2 Å². The normalized spacial score (nSPS) is 16.5. The van der Waals surface area contributed by atoms with Gasteiger partial charge in [0.05, 0.1) is 11.2 Å². The van der Waals surface area contributed by atoms with Crippen LogP contribution in [0.25, 0.3) is 21.2 Å². The quantitative estimate of drug-likeness (QED) is 0.554. The molecule has 32 heavy (non-hydrogen) atoms. The van der Waals surface area contributed by atoms with E-state index < -0.39 is 17.3 Å². The Morgan fingerprint density at radius 1 is 1.12 bits per heavy atom. The average molecular weight is 463 g/mol. The number of fused-ring (bicyclic) bond motifs is 1. The molecule has 1 amide bonds. The first-order valence-corrected chi connectivity index (χ1v) is 11.3. The number of benzene rings is 2. The van der Waals surface area contributed by atoms with Gasteiger partial charge in [0.1, 0.15) is 0 Å². The van der Waals surface area contributed by atoms with E-state index in [0.717, 1.165) is 16.2 Å². The summed E-state index contributed by atoms with van der Waals surface area (Å²) < 4.78 is 41.5. The molecule has 3 aromatic rings. The molecule has 2 aromatic carbocycles. The molecule has 1 saturated heterocycles. The molecular formula is C24H25F3N2O2S. The highest BCUT2D eigenvalue weighted by Gasteiger charge is 2.34. The van der Waals surface area contributed by atoms with E-state index in [-0.39, 0.29) is 10.6 Å². The Balaban J connectivity index is 1.63. The minimum atomic E-state index is -4.46. The van der Waals surface area contributed by atoms with Gasteiger partial charge in [0.15, 0.2) is 0 Å². The minimum Gasteiger partial charge on any atom is -0.390 e. The lowest BCUT2D eigenvalue weighted by atomic mass is 9.93. The summed E-state index contributed by atoms with van der Waals surface area (Å²) in [4.78, 5) is 15.3. The molecule has 4 nitrogen and oxygen atoms in total. The molecule has 0 bridgehead atoms. The van der Waals surface area contributed by atoms with Crippen LogP contribution in [-0.4, -0.2) is 41.7 Å². The smallest absolute Gasteiger partial charge is 0.390 e. The number of thiophene rings is 1. The van der Waals surface area contributed by atoms with E-state index >= 15 is 0 Å². The number of hydrogen-bond donors (Lipinski definition) is 2. The molecule has 2 N–H and O–H groups in total. The standard InChI is InChI=1S/C24H25F3N2O2S/c1-23(31)7-9-29(10-8-23)22(30)16-5-3-15(4-6-16)17-11-18-12-19(14-28-2)32-21(18)20(13-17)24(25,26)27/h3-6,11-13,28,31H,7-10,14H2,1-2H3. The Labute approximate surface area is 188 Å². The monoisotopic (exact) mass is 462 g/mol. The zero-order valence-corrected chi connectivity index (χ0v) is 18.7. The van der Waals surface area contributed by atoms with Crippen molar-refractivity contribution < 1.29 is 23.1 Å². The molecule has 0 radical (unpaired) electrons. The van der Waals surface area contributed by atoms with Gasteiger partial charge in [-0.1, -0.05) is 12.1 Å². The lowest BCUT2D eigenvalue weighted by Gasteiger charge is -2.35. The fourth-order valence-electron chi connectivity index (χ4n) is 4.02. The van der Waals surface area contributed by atoms with Gasteiger partial charge in [-0.15, -0.1) is 11.3 Å². The zero-order chi connectivity index (χ0) is 23.1. The second-order valence-corrected chi connectivity index (χ2v) is 9.69. The highest BCUT2D eigenvalue weighted by molar-refractivity contribution is 7.19. The lowest BCUT2D eigenvalue weighted by molar-refractivity contribution is -0.136. The van der Waals surface area contributed by atoms with Crippen LogP contribution in [-0.2, 0) is 12.7 Å². The second kappa shape index (κ2) is 8.50. The van der Waals surface area contributed by atoms with Crippen LogP contribution in [0.2, 0.25) is 0 Å². The predicted octanol–water partition coefficient (Wildman–Crippen LogP) is 5.29. The largest absolute Gasteiger partial charge is 0.417 e. The first kappa shape index (κ1) is 22.8. The van der Waals surface area contributed by atoms with Crippen LogP contribution >= 0.6 is 11.3 Å². The van der Waals surface area contributed by atoms with E-state index in [9.17, 15) is 23.1 Å². The van der Waals surface area contributed by atoms with Crippen molar-refractivity contribution in [3.05, 3.63) is 58.5 Å². The number of nitrogens with zero attached hydrogens (tertiary/aromatic N) is 1. The summed E-state index contributed by atoms with van der Waals surface area (Å²) in [7, 11) is 1.76. The molecular weight excluding hydrogens is 437 g/mol. The van der Waals surface area contributed by atoms with Crippen molar-refractivity contribution in [2.75, 3.05) is 20.1 Å². The highest BCUT2D eigenvalue weighted by atomic mass is 32.1. The van der Waals surface area contributed by atoms with Gasteiger partial charge in [-0.05, 0) is 73.7 Å². The third-order valence-electron chi connectivity index (χ3n) is 5.92. The molecule has 0 spiro atoms. The van der Waals surface area contributed by atoms with Gasteiger partial charge in [-0.2, -0.15) is 13.2 Å². The van der Waals surface area contributed by atoms with Crippen molar-refractivity contribution in [1.29, 1.82) is 0 Å². The number of rotatable bonds is 4. The molecule has 170 valence electrons. The van der Waals surface area contributed by atoms with Gasteiger partial charge in [-0.25, -0.2) is 0 Å². The topological polar surface area (TPSA) is 52.6 Å². The molecule has 1 aliphatic heterocycles. The Bertz CT molecular complexity index is 1130. The summed E-state index contributed by atoms with van der Waals surface area (Å²) in [5.41, 5.74) is 0.185. The van der Waals surface area contributed by atoms with E-state index in [1.165, 1.54) is 6.07 Å². The molecule has 1 fully saturated rings. The first-order chi connectivity index (χ1) is 15.1. The maximum absolute atomic E-state index is 13.8. The number of amides is 1. The van der Waals surface area contributed by atoms with E-state index in [1.54, 1.807) is 55.3 Å². The van der Waals surface area contributed by atoms with E-state index in [1.807, 2.05) is 0 Å². The number of alkyl halides is 3. The van der Waals surface area contributed by atoms with Crippen molar-refractivity contribution in [3.63, 3.8) is 0 Å². The molecule has 0 unspecified atom stereocenters. The molecule has 1 aromatic heterocycles. The summed E-state index contributed by atoms with van der Waals surface area (Å²) in [6.07, 6.45) is -3.41. The summed E-state index contributed by atoms with van der Waals surface area (Å²) in [5.74, 6) is -0.131. The average Bonchev–Trinajstić information content (AvgIpc) is 3.14. The van der Waals surface area contributed by atoms with Gasteiger partial charge in [0.25, 0.3) is 5.91 Å². The highest BCUT2D eigenvalue weighted by Crippen LogP contribution is 2.41. The Morgan fingerprint density at radius 3 is 2.38 bits per heavy atom. The molecule has 2 heterocycles. The third-order valence-corrected chi connectivity index (χ3v) is 7.10. The number of halogens is 3. The summed E-state index contributed by atoms with van der Waals surface area (Å²) in [6, 6.07) is 11.4. The van der Waals surface area contributed by atoms with Gasteiger partial charge in [-0.3, -0.25) is 4.79 Å². The molecule has 4 rings (SSSR count). The number of nitrogens with one attached hydrogen (secondary N) is 1. The summed E-state index contributed by atoms with van der Waals surface area (Å²) >= 11 is 1.15. The maximum Gasteiger partial charge on any atom is 0.417 e. The number of hydrogen-bond acceptors (Lipinski definition) is 4. The van der Waals surface area contributed by atoms with Gasteiger partial charge < -0.3 is 15.3 Å². The fourth-order valence-corrected chi connectivity index (χ4v) is 5.21. The minimum absolute atomic E-state index is 0.131. The molecule has 0 aliphatic carbocycles.